The van der Waals surface area contributed by atoms with Crippen LogP contribution in [0.4, 0.5) is 9.52 Å². The first-order valence-corrected chi connectivity index (χ1v) is 11.2. The second-order valence-electron chi connectivity index (χ2n) is 8.25. The molecule has 1 aromatic heterocycles. The summed E-state index contributed by atoms with van der Waals surface area (Å²) in [5, 5.41) is 9.51. The van der Waals surface area contributed by atoms with Crippen LogP contribution in [0.5, 0.6) is 0 Å². The zero-order chi connectivity index (χ0) is 21.0. The van der Waals surface area contributed by atoms with E-state index in [1.807, 2.05) is 6.92 Å². The number of aryl methyl sites for hydroxylation is 1. The second-order valence-corrected chi connectivity index (χ2v) is 9.29. The van der Waals surface area contributed by atoms with Gasteiger partial charge in [-0.05, 0) is 49.3 Å². The molecule has 5 rings (SSSR count). The molecule has 0 spiro atoms. The number of carbonyl (C=O) groups excluding carboxylic acids is 2. The van der Waals surface area contributed by atoms with Crippen molar-refractivity contribution < 1.29 is 18.7 Å². The smallest absolute Gasteiger partial charge is 0.296 e. The Morgan fingerprint density at radius 3 is 2.83 bits per heavy atom. The molecule has 4 atom stereocenters. The van der Waals surface area contributed by atoms with Gasteiger partial charge in [0.25, 0.3) is 5.91 Å². The summed E-state index contributed by atoms with van der Waals surface area (Å²) in [5.74, 6) is -0.622. The Labute approximate surface area is 177 Å². The number of ketones is 1. The zero-order valence-corrected chi connectivity index (χ0v) is 17.6. The first kappa shape index (κ1) is 19.4. The fraction of sp³-hybridized carbons (Fsp3) is 0.455. The number of fused-ring (bicyclic) bond motifs is 1. The van der Waals surface area contributed by atoms with Crippen LogP contribution in [0.3, 0.4) is 0 Å². The van der Waals surface area contributed by atoms with Crippen molar-refractivity contribution in [2.24, 2.45) is 11.8 Å². The highest BCUT2D eigenvalue weighted by Gasteiger charge is 2.53. The molecule has 1 saturated carbocycles. The second kappa shape index (κ2) is 7.27. The molecule has 2 aromatic rings. The van der Waals surface area contributed by atoms with E-state index in [-0.39, 0.29) is 23.6 Å². The number of rotatable bonds is 3. The third-order valence-corrected chi connectivity index (χ3v) is 7.31. The molecule has 4 unspecified atom stereocenters. The summed E-state index contributed by atoms with van der Waals surface area (Å²) in [6.07, 6.45) is 2.88. The molecule has 1 amide bonds. The maximum Gasteiger partial charge on any atom is 0.296 e. The van der Waals surface area contributed by atoms with E-state index in [9.17, 15) is 14.0 Å². The van der Waals surface area contributed by atoms with Crippen LogP contribution in [-0.2, 0) is 20.7 Å². The molecule has 1 aromatic carbocycles. The summed E-state index contributed by atoms with van der Waals surface area (Å²) in [5.41, 5.74) is 0.857. The predicted molar refractivity (Wildman–Crippen MR) is 109 cm³/mol. The molecule has 3 heterocycles. The van der Waals surface area contributed by atoms with Crippen molar-refractivity contribution in [1.82, 2.24) is 10.2 Å². The van der Waals surface area contributed by atoms with E-state index in [2.05, 4.69) is 17.1 Å². The van der Waals surface area contributed by atoms with Gasteiger partial charge in [0.2, 0.25) is 5.13 Å². The Hall–Kier alpha value is -2.61. The standard InChI is InChI=1S/C22H22FN3O3S/c1-3-16-24-25-22(30-16)26-18(12-5-4-6-13(23)10-12)17-19(27)14-9-11(2)7-8-15(14)29-20(17)21(26)28/h4-6,10-11,14-15,18H,3,7-9H2,1-2H3. The molecule has 0 bridgehead atoms. The van der Waals surface area contributed by atoms with Crippen LogP contribution < -0.4 is 4.90 Å². The zero-order valence-electron chi connectivity index (χ0n) is 16.8. The molecule has 0 saturated heterocycles. The first-order valence-electron chi connectivity index (χ1n) is 10.3. The fourth-order valence-corrected chi connectivity index (χ4v) is 5.56. The van der Waals surface area contributed by atoms with Crippen molar-refractivity contribution in [3.63, 3.8) is 0 Å². The van der Waals surface area contributed by atoms with Crippen molar-refractivity contribution in [2.45, 2.75) is 51.7 Å². The SMILES string of the molecule is CCc1nnc(N2C(=O)C3=C(C(=O)C4CC(C)CCC4O3)C2c2cccc(F)c2)s1. The van der Waals surface area contributed by atoms with Crippen LogP contribution in [-0.4, -0.2) is 28.0 Å². The molecule has 3 aliphatic rings. The van der Waals surface area contributed by atoms with Crippen LogP contribution in [0.1, 0.15) is 49.7 Å². The number of ether oxygens (including phenoxy) is 1. The minimum Gasteiger partial charge on any atom is -0.483 e. The average molecular weight is 428 g/mol. The molecular formula is C22H22FN3O3S. The summed E-state index contributed by atoms with van der Waals surface area (Å²) in [6, 6.07) is 5.27. The molecule has 2 aliphatic heterocycles. The number of amides is 1. The third kappa shape index (κ3) is 2.96. The van der Waals surface area contributed by atoms with Gasteiger partial charge in [0.1, 0.15) is 16.9 Å². The lowest BCUT2D eigenvalue weighted by atomic mass is 9.74. The van der Waals surface area contributed by atoms with Gasteiger partial charge in [0.15, 0.2) is 11.5 Å². The number of anilines is 1. The summed E-state index contributed by atoms with van der Waals surface area (Å²) in [6.45, 7) is 4.10. The lowest BCUT2D eigenvalue weighted by Crippen LogP contribution is -2.41. The van der Waals surface area contributed by atoms with E-state index in [1.54, 1.807) is 12.1 Å². The van der Waals surface area contributed by atoms with Crippen molar-refractivity contribution in [3.05, 3.63) is 52.0 Å². The van der Waals surface area contributed by atoms with Gasteiger partial charge in [-0.1, -0.05) is 37.3 Å². The van der Waals surface area contributed by atoms with Crippen molar-refractivity contribution in [1.29, 1.82) is 0 Å². The number of halogens is 1. The highest BCUT2D eigenvalue weighted by atomic mass is 32.1. The maximum atomic E-state index is 14.1. The molecule has 30 heavy (non-hydrogen) atoms. The van der Waals surface area contributed by atoms with Gasteiger partial charge in [-0.15, -0.1) is 10.2 Å². The topological polar surface area (TPSA) is 72.4 Å². The van der Waals surface area contributed by atoms with Gasteiger partial charge in [0.05, 0.1) is 17.5 Å². The Kier molecular flexibility index (Phi) is 4.69. The van der Waals surface area contributed by atoms with Gasteiger partial charge < -0.3 is 4.74 Å². The molecule has 1 fully saturated rings. The van der Waals surface area contributed by atoms with Crippen molar-refractivity contribution in [3.8, 4) is 0 Å². The maximum absolute atomic E-state index is 14.1. The lowest BCUT2D eigenvalue weighted by Gasteiger charge is -2.37. The van der Waals surface area contributed by atoms with Crippen LogP contribution in [0.2, 0.25) is 0 Å². The van der Waals surface area contributed by atoms with E-state index < -0.39 is 17.8 Å². The molecule has 156 valence electrons. The average Bonchev–Trinajstić information content (AvgIpc) is 3.31. The van der Waals surface area contributed by atoms with Crippen LogP contribution >= 0.6 is 11.3 Å². The fourth-order valence-electron chi connectivity index (χ4n) is 4.75. The number of hydrogen-bond acceptors (Lipinski definition) is 6. The van der Waals surface area contributed by atoms with E-state index in [0.29, 0.717) is 28.6 Å². The largest absolute Gasteiger partial charge is 0.483 e. The molecule has 8 heteroatoms. The minimum absolute atomic E-state index is 0.0573. The summed E-state index contributed by atoms with van der Waals surface area (Å²) in [7, 11) is 0. The molecule has 1 aliphatic carbocycles. The van der Waals surface area contributed by atoms with E-state index >= 15 is 0 Å². The van der Waals surface area contributed by atoms with E-state index in [0.717, 1.165) is 24.3 Å². The van der Waals surface area contributed by atoms with Gasteiger partial charge in [-0.3, -0.25) is 14.5 Å². The first-order chi connectivity index (χ1) is 14.5. The Bertz CT molecular complexity index is 1070. The van der Waals surface area contributed by atoms with E-state index in [4.69, 9.17) is 4.74 Å². The predicted octanol–water partition coefficient (Wildman–Crippen LogP) is 3.99. The third-order valence-electron chi connectivity index (χ3n) is 6.24. The number of hydrogen-bond donors (Lipinski definition) is 0. The number of benzene rings is 1. The van der Waals surface area contributed by atoms with Gasteiger partial charge in [-0.25, -0.2) is 4.39 Å². The summed E-state index contributed by atoms with van der Waals surface area (Å²) in [4.78, 5) is 28.5. The highest BCUT2D eigenvalue weighted by Crippen LogP contribution is 2.49. The van der Waals surface area contributed by atoms with E-state index in [1.165, 1.54) is 28.4 Å². The van der Waals surface area contributed by atoms with Gasteiger partial charge in [0, 0.05) is 0 Å². The van der Waals surface area contributed by atoms with Gasteiger partial charge in [-0.2, -0.15) is 0 Å². The monoisotopic (exact) mass is 427 g/mol. The Morgan fingerprint density at radius 2 is 2.10 bits per heavy atom. The van der Waals surface area contributed by atoms with Gasteiger partial charge >= 0.3 is 0 Å². The summed E-state index contributed by atoms with van der Waals surface area (Å²) < 4.78 is 20.2. The van der Waals surface area contributed by atoms with Crippen molar-refractivity contribution >= 4 is 28.2 Å². The van der Waals surface area contributed by atoms with Crippen LogP contribution in [0.15, 0.2) is 35.6 Å². The Balaban J connectivity index is 1.64. The number of nitrogens with zero attached hydrogens (tertiary/aromatic N) is 3. The highest BCUT2D eigenvalue weighted by molar-refractivity contribution is 7.15. The molecular weight excluding hydrogens is 405 g/mol. The van der Waals surface area contributed by atoms with Crippen molar-refractivity contribution in [2.75, 3.05) is 4.90 Å². The molecule has 6 nitrogen and oxygen atoms in total. The number of carbonyl (C=O) groups is 2. The van der Waals surface area contributed by atoms with Crippen LogP contribution in [0.25, 0.3) is 0 Å². The molecule has 0 N–H and O–H groups in total. The minimum atomic E-state index is -0.758. The molecule has 0 radical (unpaired) electrons. The Morgan fingerprint density at radius 1 is 1.27 bits per heavy atom. The van der Waals surface area contributed by atoms with Crippen LogP contribution in [0, 0.1) is 17.7 Å². The normalized spacial score (nSPS) is 28.4. The summed E-state index contributed by atoms with van der Waals surface area (Å²) >= 11 is 1.30. The number of Topliss-reactive ketones (excluding diaryl/α,β-unsaturated/α-hetero) is 1. The number of aromatic nitrogens is 2. The quantitative estimate of drug-likeness (QED) is 0.741. The lowest BCUT2D eigenvalue weighted by molar-refractivity contribution is -0.132.